The lowest BCUT2D eigenvalue weighted by Gasteiger charge is -2.24. The Morgan fingerprint density at radius 3 is 2.62 bits per heavy atom. The van der Waals surface area contributed by atoms with Gasteiger partial charge in [0, 0.05) is 18.6 Å². The van der Waals surface area contributed by atoms with Crippen LogP contribution in [0.5, 0.6) is 0 Å². The van der Waals surface area contributed by atoms with E-state index in [1.807, 2.05) is 19.9 Å². The highest BCUT2D eigenvalue weighted by Crippen LogP contribution is 2.26. The molecule has 0 aliphatic carbocycles. The second kappa shape index (κ2) is 8.10. The summed E-state index contributed by atoms with van der Waals surface area (Å²) in [6.07, 6.45) is 8.00. The molecular weight excluding hydrogens is 350 g/mol. The van der Waals surface area contributed by atoms with E-state index < -0.39 is 5.41 Å². The Morgan fingerprint density at radius 2 is 1.96 bits per heavy atom. The van der Waals surface area contributed by atoms with Crippen LogP contribution in [0, 0.1) is 19.3 Å². The molecule has 0 unspecified atom stereocenters. The van der Waals surface area contributed by atoms with Crippen LogP contribution in [0.2, 0.25) is 5.02 Å². The van der Waals surface area contributed by atoms with Gasteiger partial charge in [0.15, 0.2) is 0 Å². The molecule has 0 saturated heterocycles. The lowest BCUT2D eigenvalue weighted by Crippen LogP contribution is -2.43. The Morgan fingerprint density at radius 1 is 1.23 bits per heavy atom. The lowest BCUT2D eigenvalue weighted by molar-refractivity contribution is -0.124. The van der Waals surface area contributed by atoms with Crippen molar-refractivity contribution in [1.82, 2.24) is 15.3 Å². The molecule has 3 N–H and O–H groups in total. The number of aromatic nitrogens is 2. The van der Waals surface area contributed by atoms with Crippen molar-refractivity contribution in [2.75, 3.05) is 5.32 Å². The van der Waals surface area contributed by atoms with Crippen LogP contribution in [0.25, 0.3) is 0 Å². The number of pyridine rings is 2. The van der Waals surface area contributed by atoms with E-state index in [0.29, 0.717) is 10.7 Å². The summed E-state index contributed by atoms with van der Waals surface area (Å²) in [4.78, 5) is 21.0. The molecule has 2 aromatic heterocycles. The van der Waals surface area contributed by atoms with Crippen molar-refractivity contribution in [1.29, 1.82) is 5.41 Å². The number of anilines is 1. The molecule has 0 bridgehead atoms. The number of amidine groups is 1. The highest BCUT2D eigenvalue weighted by molar-refractivity contribution is 6.30. The molecule has 0 aliphatic heterocycles. The minimum absolute atomic E-state index is 0.0252. The van der Waals surface area contributed by atoms with E-state index in [1.165, 1.54) is 12.3 Å². The first-order chi connectivity index (χ1) is 12.2. The van der Waals surface area contributed by atoms with Gasteiger partial charge in [0.1, 0.15) is 5.84 Å². The number of rotatable bonds is 5. The predicted octanol–water partition coefficient (Wildman–Crippen LogP) is 3.74. The third kappa shape index (κ3) is 4.89. The monoisotopic (exact) mass is 371 g/mol. The van der Waals surface area contributed by atoms with Crippen LogP contribution in [0.15, 0.2) is 43.0 Å². The maximum Gasteiger partial charge on any atom is 0.237 e. The molecule has 7 heteroatoms. The molecular formula is C19H22ClN5O. The quantitative estimate of drug-likeness (QED) is 0.551. The van der Waals surface area contributed by atoms with Crippen LogP contribution < -0.4 is 10.6 Å². The fourth-order valence-electron chi connectivity index (χ4n) is 2.48. The minimum atomic E-state index is -0.900. The van der Waals surface area contributed by atoms with E-state index in [2.05, 4.69) is 20.6 Å². The van der Waals surface area contributed by atoms with Crippen LogP contribution in [0.3, 0.4) is 0 Å². The maximum atomic E-state index is 12.6. The van der Waals surface area contributed by atoms with Gasteiger partial charge in [0.05, 0.1) is 28.0 Å². The Balaban J connectivity index is 2.01. The molecule has 0 aliphatic rings. The van der Waals surface area contributed by atoms with Crippen LogP contribution in [0.4, 0.5) is 5.69 Å². The number of aryl methyl sites for hydroxylation is 2. The van der Waals surface area contributed by atoms with E-state index in [1.54, 1.807) is 38.5 Å². The normalized spacial score (nSPS) is 11.4. The molecule has 26 heavy (non-hydrogen) atoms. The average Bonchev–Trinajstić information content (AvgIpc) is 2.54. The van der Waals surface area contributed by atoms with Gasteiger partial charge >= 0.3 is 0 Å². The number of nitrogens with one attached hydrogen (secondary N) is 3. The first-order valence-electron chi connectivity index (χ1n) is 8.07. The van der Waals surface area contributed by atoms with Crippen LogP contribution >= 0.6 is 11.6 Å². The highest BCUT2D eigenvalue weighted by Gasteiger charge is 2.33. The zero-order valence-electron chi connectivity index (χ0n) is 15.2. The average molecular weight is 372 g/mol. The van der Waals surface area contributed by atoms with E-state index in [0.717, 1.165) is 16.8 Å². The summed E-state index contributed by atoms with van der Waals surface area (Å²) >= 11 is 5.93. The highest BCUT2D eigenvalue weighted by atomic mass is 35.5. The molecule has 0 fully saturated rings. The van der Waals surface area contributed by atoms with Crippen LogP contribution in [0.1, 0.15) is 30.7 Å². The fraction of sp³-hybridized carbons (Fsp3) is 0.263. The summed E-state index contributed by atoms with van der Waals surface area (Å²) in [6.45, 7) is 7.33. The topological polar surface area (TPSA) is 90.8 Å². The predicted molar refractivity (Wildman–Crippen MR) is 105 cm³/mol. The van der Waals surface area contributed by atoms with E-state index in [9.17, 15) is 4.79 Å². The summed E-state index contributed by atoms with van der Waals surface area (Å²) in [7, 11) is 0. The number of nitrogens with zero attached hydrogens (tertiary/aromatic N) is 2. The summed E-state index contributed by atoms with van der Waals surface area (Å²) in [5.74, 6) is -0.343. The largest absolute Gasteiger partial charge is 0.360 e. The van der Waals surface area contributed by atoms with Crippen molar-refractivity contribution in [2.24, 2.45) is 0 Å². The van der Waals surface area contributed by atoms with E-state index >= 15 is 0 Å². The number of carbonyl (C=O) groups excluding carboxylic acids is 1. The van der Waals surface area contributed by atoms with Crippen LogP contribution in [-0.2, 0) is 10.2 Å². The van der Waals surface area contributed by atoms with Gasteiger partial charge < -0.3 is 10.6 Å². The Kier molecular flexibility index (Phi) is 6.10. The second-order valence-electron chi connectivity index (χ2n) is 6.54. The molecule has 1 amide bonds. The number of hydrogen-bond donors (Lipinski definition) is 3. The van der Waals surface area contributed by atoms with Gasteiger partial charge in [-0.05, 0) is 57.0 Å². The minimum Gasteiger partial charge on any atom is -0.360 e. The van der Waals surface area contributed by atoms with Gasteiger partial charge in [-0.25, -0.2) is 0 Å². The number of amides is 1. The number of hydrogen-bond acceptors (Lipinski definition) is 5. The van der Waals surface area contributed by atoms with Crippen molar-refractivity contribution < 1.29 is 4.79 Å². The van der Waals surface area contributed by atoms with Crippen molar-refractivity contribution in [3.63, 3.8) is 0 Å². The van der Waals surface area contributed by atoms with Gasteiger partial charge in [-0.3, -0.25) is 20.2 Å². The van der Waals surface area contributed by atoms with Gasteiger partial charge in [-0.2, -0.15) is 0 Å². The third-order valence-corrected chi connectivity index (χ3v) is 4.03. The van der Waals surface area contributed by atoms with Crippen molar-refractivity contribution in [3.8, 4) is 0 Å². The molecule has 0 spiro atoms. The molecule has 0 radical (unpaired) electrons. The summed E-state index contributed by atoms with van der Waals surface area (Å²) < 4.78 is 0. The molecule has 6 nitrogen and oxygen atoms in total. The molecule has 2 aromatic rings. The Labute approximate surface area is 158 Å². The SMILES string of the molecule is Cc1cncc(N/C=C\C(=N)NC(=O)C(C)(C)c2ncc(Cl)cc2C)c1. The summed E-state index contributed by atoms with van der Waals surface area (Å²) in [5.41, 5.74) is 2.39. The summed E-state index contributed by atoms with van der Waals surface area (Å²) in [5, 5.41) is 14.1. The second-order valence-corrected chi connectivity index (χ2v) is 6.98. The molecule has 0 atom stereocenters. The van der Waals surface area contributed by atoms with Crippen molar-refractivity contribution in [3.05, 3.63) is 64.8 Å². The van der Waals surface area contributed by atoms with E-state index in [4.69, 9.17) is 17.0 Å². The van der Waals surface area contributed by atoms with Gasteiger partial charge in [-0.15, -0.1) is 0 Å². The molecule has 0 aromatic carbocycles. The molecule has 0 saturated carbocycles. The zero-order valence-corrected chi connectivity index (χ0v) is 16.0. The standard InChI is InChI=1S/C19H22ClN5O/c1-12-7-15(11-22-9-12)23-6-5-16(21)25-18(26)19(3,4)17-13(2)8-14(20)10-24-17/h5-11,23H,1-4H3,(H2,21,25,26)/b6-5-. The van der Waals surface area contributed by atoms with Crippen molar-refractivity contribution in [2.45, 2.75) is 33.1 Å². The first-order valence-corrected chi connectivity index (χ1v) is 8.45. The lowest BCUT2D eigenvalue weighted by atomic mass is 9.85. The zero-order chi connectivity index (χ0) is 19.3. The van der Waals surface area contributed by atoms with Gasteiger partial charge in [0.25, 0.3) is 0 Å². The Bertz CT molecular complexity index is 861. The third-order valence-electron chi connectivity index (χ3n) is 3.83. The van der Waals surface area contributed by atoms with E-state index in [-0.39, 0.29) is 11.7 Å². The fourth-order valence-corrected chi connectivity index (χ4v) is 2.69. The molecule has 2 rings (SSSR count). The van der Waals surface area contributed by atoms with Gasteiger partial charge in [0.2, 0.25) is 5.91 Å². The van der Waals surface area contributed by atoms with Crippen molar-refractivity contribution >= 4 is 29.0 Å². The molecule has 2 heterocycles. The number of halogens is 1. The van der Waals surface area contributed by atoms with Gasteiger partial charge in [-0.1, -0.05) is 11.6 Å². The maximum absolute atomic E-state index is 12.6. The number of carbonyl (C=O) groups is 1. The molecule has 136 valence electrons. The smallest absolute Gasteiger partial charge is 0.237 e. The van der Waals surface area contributed by atoms with Crippen LogP contribution in [-0.4, -0.2) is 21.7 Å². The summed E-state index contributed by atoms with van der Waals surface area (Å²) in [6, 6.07) is 3.70. The Hall–Kier alpha value is -2.73. The first kappa shape index (κ1) is 19.6.